The molecule has 154 valence electrons. The summed E-state index contributed by atoms with van der Waals surface area (Å²) in [6, 6.07) is 13.0. The number of benzene rings is 2. The van der Waals surface area contributed by atoms with Crippen molar-refractivity contribution >= 4 is 29.9 Å². The Bertz CT molecular complexity index is 771. The van der Waals surface area contributed by atoms with E-state index < -0.39 is 0 Å². The normalized spacial score (nSPS) is 12.1. The number of halogens is 2. The number of rotatable bonds is 8. The molecule has 0 aliphatic rings. The van der Waals surface area contributed by atoms with Gasteiger partial charge in [-0.2, -0.15) is 0 Å². The number of methoxy groups -OCH3 is 1. The Morgan fingerprint density at radius 1 is 1.18 bits per heavy atom. The van der Waals surface area contributed by atoms with Crippen molar-refractivity contribution in [2.45, 2.75) is 33.1 Å². The van der Waals surface area contributed by atoms with Gasteiger partial charge in [-0.05, 0) is 49.2 Å². The minimum absolute atomic E-state index is 0. The number of aliphatic imine (C=N–C) groups is 1. The predicted octanol–water partition coefficient (Wildman–Crippen LogP) is 4.03. The van der Waals surface area contributed by atoms with Crippen LogP contribution in [0.15, 0.2) is 47.5 Å². The first kappa shape index (κ1) is 24.2. The predicted molar refractivity (Wildman–Crippen MR) is 122 cm³/mol. The minimum Gasteiger partial charge on any atom is -0.489 e. The van der Waals surface area contributed by atoms with Crippen molar-refractivity contribution in [3.63, 3.8) is 0 Å². The van der Waals surface area contributed by atoms with Gasteiger partial charge in [0.1, 0.15) is 17.7 Å². The zero-order valence-corrected chi connectivity index (χ0v) is 19.1. The Balaban J connectivity index is 0.00000392. The van der Waals surface area contributed by atoms with Crippen molar-refractivity contribution in [3.05, 3.63) is 65.0 Å². The van der Waals surface area contributed by atoms with Gasteiger partial charge in [-0.25, -0.2) is 4.39 Å². The van der Waals surface area contributed by atoms with E-state index in [1.807, 2.05) is 38.1 Å². The van der Waals surface area contributed by atoms with E-state index in [0.717, 1.165) is 16.9 Å². The minimum atomic E-state index is -0.259. The standard InChI is InChI=1S/C21H28FN3O2.HI/c1-15-6-5-7-19(10-15)27-16(2)12-24-21(23-3)25-13-17-8-9-20(22)18(11-17)14-26-4;/h5-11,16H,12-14H2,1-4H3,(H2,23,24,25);1H. The summed E-state index contributed by atoms with van der Waals surface area (Å²) in [5.41, 5.74) is 2.66. The molecule has 0 fully saturated rings. The zero-order chi connectivity index (χ0) is 19.6. The molecule has 0 radical (unpaired) electrons. The number of ether oxygens (including phenoxy) is 2. The third-order valence-corrected chi connectivity index (χ3v) is 3.98. The van der Waals surface area contributed by atoms with Gasteiger partial charge in [-0.15, -0.1) is 24.0 Å². The Labute approximate surface area is 183 Å². The highest BCUT2D eigenvalue weighted by atomic mass is 127. The van der Waals surface area contributed by atoms with Crippen molar-refractivity contribution in [3.8, 4) is 5.75 Å². The molecule has 1 unspecified atom stereocenters. The molecule has 2 rings (SSSR count). The van der Waals surface area contributed by atoms with Crippen LogP contribution in [0.25, 0.3) is 0 Å². The van der Waals surface area contributed by atoms with E-state index in [0.29, 0.717) is 24.6 Å². The average Bonchev–Trinajstić information content (AvgIpc) is 2.64. The first-order valence-electron chi connectivity index (χ1n) is 8.96. The van der Waals surface area contributed by atoms with Crippen LogP contribution in [0, 0.1) is 12.7 Å². The van der Waals surface area contributed by atoms with Crippen molar-refractivity contribution in [2.75, 3.05) is 20.7 Å². The molecule has 28 heavy (non-hydrogen) atoms. The Kier molecular flexibility index (Phi) is 10.8. The molecule has 0 heterocycles. The molecule has 0 amide bonds. The van der Waals surface area contributed by atoms with Gasteiger partial charge in [-0.1, -0.05) is 18.2 Å². The summed E-state index contributed by atoms with van der Waals surface area (Å²) in [6.07, 6.45) is -0.0236. The second kappa shape index (κ2) is 12.6. The average molecular weight is 501 g/mol. The molecule has 0 aliphatic heterocycles. The van der Waals surface area contributed by atoms with E-state index in [4.69, 9.17) is 9.47 Å². The van der Waals surface area contributed by atoms with E-state index in [9.17, 15) is 4.39 Å². The van der Waals surface area contributed by atoms with Crippen LogP contribution in [0.4, 0.5) is 4.39 Å². The SMILES string of the molecule is CN=C(NCc1ccc(F)c(COC)c1)NCC(C)Oc1cccc(C)c1.I. The summed E-state index contributed by atoms with van der Waals surface area (Å²) in [6.45, 7) is 5.42. The molecule has 0 bridgehead atoms. The van der Waals surface area contributed by atoms with Crippen LogP contribution >= 0.6 is 24.0 Å². The van der Waals surface area contributed by atoms with E-state index in [1.54, 1.807) is 26.3 Å². The first-order chi connectivity index (χ1) is 13.0. The highest BCUT2D eigenvalue weighted by Gasteiger charge is 2.07. The molecule has 0 aliphatic carbocycles. The number of hydrogen-bond donors (Lipinski definition) is 2. The van der Waals surface area contributed by atoms with Gasteiger partial charge >= 0.3 is 0 Å². The molecule has 2 N–H and O–H groups in total. The third-order valence-electron chi connectivity index (χ3n) is 3.98. The highest BCUT2D eigenvalue weighted by molar-refractivity contribution is 14.0. The van der Waals surface area contributed by atoms with Crippen LogP contribution in [0.2, 0.25) is 0 Å². The lowest BCUT2D eigenvalue weighted by atomic mass is 10.1. The number of guanidine groups is 1. The van der Waals surface area contributed by atoms with Crippen molar-refractivity contribution in [1.29, 1.82) is 0 Å². The van der Waals surface area contributed by atoms with E-state index in [2.05, 4.69) is 15.6 Å². The van der Waals surface area contributed by atoms with Gasteiger partial charge in [-0.3, -0.25) is 4.99 Å². The van der Waals surface area contributed by atoms with E-state index in [1.165, 1.54) is 6.07 Å². The second-order valence-corrected chi connectivity index (χ2v) is 6.41. The van der Waals surface area contributed by atoms with Crippen molar-refractivity contribution < 1.29 is 13.9 Å². The van der Waals surface area contributed by atoms with Gasteiger partial charge in [0.05, 0.1) is 13.2 Å². The maximum Gasteiger partial charge on any atom is 0.191 e. The van der Waals surface area contributed by atoms with Crippen LogP contribution < -0.4 is 15.4 Å². The van der Waals surface area contributed by atoms with Gasteiger partial charge < -0.3 is 20.1 Å². The molecule has 2 aromatic rings. The zero-order valence-electron chi connectivity index (χ0n) is 16.8. The van der Waals surface area contributed by atoms with Crippen LogP contribution in [0.3, 0.4) is 0 Å². The lowest BCUT2D eigenvalue weighted by molar-refractivity contribution is 0.181. The highest BCUT2D eigenvalue weighted by Crippen LogP contribution is 2.14. The fourth-order valence-electron chi connectivity index (χ4n) is 2.61. The quantitative estimate of drug-likeness (QED) is 0.326. The van der Waals surface area contributed by atoms with Crippen molar-refractivity contribution in [2.24, 2.45) is 4.99 Å². The lowest BCUT2D eigenvalue weighted by Crippen LogP contribution is -2.41. The molecule has 2 aromatic carbocycles. The summed E-state index contributed by atoms with van der Waals surface area (Å²) >= 11 is 0. The molecular weight excluding hydrogens is 472 g/mol. The van der Waals surface area contributed by atoms with E-state index in [-0.39, 0.29) is 42.5 Å². The molecule has 0 saturated carbocycles. The van der Waals surface area contributed by atoms with Gasteiger partial charge in [0, 0.05) is 26.3 Å². The summed E-state index contributed by atoms with van der Waals surface area (Å²) in [4.78, 5) is 4.21. The topological polar surface area (TPSA) is 54.9 Å². The maximum absolute atomic E-state index is 13.7. The smallest absolute Gasteiger partial charge is 0.191 e. The largest absolute Gasteiger partial charge is 0.489 e. The number of aryl methyl sites for hydroxylation is 1. The molecule has 0 saturated heterocycles. The Morgan fingerprint density at radius 2 is 1.96 bits per heavy atom. The third kappa shape index (κ3) is 8.02. The summed E-state index contributed by atoms with van der Waals surface area (Å²) < 4.78 is 24.6. The molecular formula is C21H29FIN3O2. The van der Waals surface area contributed by atoms with Gasteiger partial charge in [0.15, 0.2) is 5.96 Å². The first-order valence-corrected chi connectivity index (χ1v) is 8.96. The number of nitrogens with zero attached hydrogens (tertiary/aromatic N) is 1. The molecule has 7 heteroatoms. The monoisotopic (exact) mass is 501 g/mol. The molecule has 0 spiro atoms. The molecule has 0 aromatic heterocycles. The Morgan fingerprint density at radius 3 is 2.64 bits per heavy atom. The second-order valence-electron chi connectivity index (χ2n) is 6.41. The van der Waals surface area contributed by atoms with Gasteiger partial charge in [0.25, 0.3) is 0 Å². The molecule has 5 nitrogen and oxygen atoms in total. The fourth-order valence-corrected chi connectivity index (χ4v) is 2.61. The summed E-state index contributed by atoms with van der Waals surface area (Å²) in [7, 11) is 3.26. The van der Waals surface area contributed by atoms with Crippen LogP contribution in [0.1, 0.15) is 23.6 Å². The summed E-state index contributed by atoms with van der Waals surface area (Å²) in [5.74, 6) is 1.25. The summed E-state index contributed by atoms with van der Waals surface area (Å²) in [5, 5.41) is 6.46. The van der Waals surface area contributed by atoms with Gasteiger partial charge in [0.2, 0.25) is 0 Å². The Hall–Kier alpha value is -1.87. The number of nitrogens with one attached hydrogen (secondary N) is 2. The molecule has 1 atom stereocenters. The van der Waals surface area contributed by atoms with E-state index >= 15 is 0 Å². The lowest BCUT2D eigenvalue weighted by Gasteiger charge is -2.18. The number of hydrogen-bond acceptors (Lipinski definition) is 3. The maximum atomic E-state index is 13.7. The fraction of sp³-hybridized carbons (Fsp3) is 0.381. The van der Waals surface area contributed by atoms with Crippen LogP contribution in [-0.2, 0) is 17.9 Å². The van der Waals surface area contributed by atoms with Crippen molar-refractivity contribution in [1.82, 2.24) is 10.6 Å². The van der Waals surface area contributed by atoms with Crippen LogP contribution in [-0.4, -0.2) is 32.8 Å². The van der Waals surface area contributed by atoms with Crippen LogP contribution in [0.5, 0.6) is 5.75 Å².